The smallest absolute Gasteiger partial charge is 0.307 e. The molecule has 1 rings (SSSR count). The Kier molecular flexibility index (Phi) is 5.17. The van der Waals surface area contributed by atoms with Crippen LogP contribution in [0.25, 0.3) is 0 Å². The molecule has 0 atom stereocenters. The molecule has 0 radical (unpaired) electrons. The average molecular weight is 276 g/mol. The lowest BCUT2D eigenvalue weighted by Gasteiger charge is -2.06. The van der Waals surface area contributed by atoms with Crippen LogP contribution in [0, 0.1) is 5.82 Å². The van der Waals surface area contributed by atoms with Gasteiger partial charge in [-0.2, -0.15) is 0 Å². The monoisotopic (exact) mass is 276 g/mol. The van der Waals surface area contributed by atoms with Gasteiger partial charge >= 0.3 is 5.97 Å². The van der Waals surface area contributed by atoms with Crippen LogP contribution in [-0.4, -0.2) is 32.5 Å². The summed E-state index contributed by atoms with van der Waals surface area (Å²) < 4.78 is 43.2. The molecule has 1 heterocycles. The van der Waals surface area contributed by atoms with Crippen LogP contribution >= 0.6 is 0 Å². The van der Waals surface area contributed by atoms with Gasteiger partial charge in [0.2, 0.25) is 5.03 Å². The van der Waals surface area contributed by atoms with Gasteiger partial charge in [0.1, 0.15) is 0 Å². The molecule has 0 aromatic carbocycles. The first-order chi connectivity index (χ1) is 8.47. The van der Waals surface area contributed by atoms with Gasteiger partial charge in [-0.1, -0.05) is 0 Å². The molecule has 0 aliphatic carbocycles. The molecule has 8 heteroatoms. The van der Waals surface area contributed by atoms with Crippen LogP contribution < -0.4 is 4.72 Å². The van der Waals surface area contributed by atoms with Crippen molar-refractivity contribution in [3.05, 3.63) is 24.1 Å². The number of carbonyl (C=O) groups is 1. The summed E-state index contributed by atoms with van der Waals surface area (Å²) in [5.74, 6) is -1.47. The van der Waals surface area contributed by atoms with Crippen LogP contribution in [0.2, 0.25) is 0 Å². The highest BCUT2D eigenvalue weighted by atomic mass is 32.2. The van der Waals surface area contributed by atoms with Gasteiger partial charge < -0.3 is 4.74 Å². The zero-order chi connectivity index (χ0) is 13.6. The molecule has 0 fully saturated rings. The van der Waals surface area contributed by atoms with E-state index < -0.39 is 26.8 Å². The number of aromatic nitrogens is 1. The van der Waals surface area contributed by atoms with E-state index >= 15 is 0 Å². The van der Waals surface area contributed by atoms with Crippen LogP contribution in [0.4, 0.5) is 4.39 Å². The van der Waals surface area contributed by atoms with Crippen LogP contribution in [0.15, 0.2) is 23.4 Å². The molecule has 0 amide bonds. The molecular weight excluding hydrogens is 263 g/mol. The van der Waals surface area contributed by atoms with E-state index in [1.807, 2.05) is 0 Å². The fourth-order valence-corrected chi connectivity index (χ4v) is 2.19. The Hall–Kier alpha value is -1.54. The molecule has 18 heavy (non-hydrogen) atoms. The third kappa shape index (κ3) is 4.04. The molecule has 0 spiro atoms. The maximum atomic E-state index is 13.2. The maximum absolute atomic E-state index is 13.2. The lowest BCUT2D eigenvalue weighted by atomic mass is 10.4. The zero-order valence-electron chi connectivity index (χ0n) is 9.72. The molecule has 0 saturated heterocycles. The topological polar surface area (TPSA) is 85.4 Å². The molecule has 1 N–H and O–H groups in total. The van der Waals surface area contributed by atoms with Gasteiger partial charge in [0.15, 0.2) is 5.82 Å². The number of hydrogen-bond acceptors (Lipinski definition) is 5. The molecule has 100 valence electrons. The summed E-state index contributed by atoms with van der Waals surface area (Å²) in [4.78, 5) is 14.4. The van der Waals surface area contributed by atoms with E-state index in [-0.39, 0.29) is 19.6 Å². The largest absolute Gasteiger partial charge is 0.466 e. The highest BCUT2D eigenvalue weighted by molar-refractivity contribution is 7.89. The first-order valence-electron chi connectivity index (χ1n) is 5.23. The fourth-order valence-electron chi connectivity index (χ4n) is 1.16. The zero-order valence-corrected chi connectivity index (χ0v) is 10.5. The number of nitrogens with zero attached hydrogens (tertiary/aromatic N) is 1. The highest BCUT2D eigenvalue weighted by Crippen LogP contribution is 2.09. The number of rotatable bonds is 6. The number of esters is 1. The first-order valence-corrected chi connectivity index (χ1v) is 6.71. The number of nitrogens with one attached hydrogen (secondary N) is 1. The quantitative estimate of drug-likeness (QED) is 0.763. The Morgan fingerprint density at radius 1 is 1.56 bits per heavy atom. The predicted octanol–water partition coefficient (Wildman–Crippen LogP) is 0.452. The van der Waals surface area contributed by atoms with E-state index in [4.69, 9.17) is 0 Å². The Balaban J connectivity index is 2.61. The SMILES string of the molecule is CCOC(=O)CCNS(=O)(=O)c1ncccc1F. The molecule has 0 bridgehead atoms. The summed E-state index contributed by atoms with van der Waals surface area (Å²) in [6.45, 7) is 1.70. The van der Waals surface area contributed by atoms with Crippen molar-refractivity contribution in [3.63, 3.8) is 0 Å². The molecule has 0 aliphatic rings. The minimum Gasteiger partial charge on any atom is -0.466 e. The van der Waals surface area contributed by atoms with Gasteiger partial charge in [0, 0.05) is 12.7 Å². The van der Waals surface area contributed by atoms with Crippen molar-refractivity contribution in [2.45, 2.75) is 18.4 Å². The van der Waals surface area contributed by atoms with Gasteiger partial charge in [-0.3, -0.25) is 4.79 Å². The molecule has 0 aliphatic heterocycles. The molecular formula is C10H13FN2O4S. The number of ether oxygens (including phenoxy) is 1. The Morgan fingerprint density at radius 3 is 2.89 bits per heavy atom. The average Bonchev–Trinajstić information content (AvgIpc) is 2.29. The van der Waals surface area contributed by atoms with E-state index in [1.165, 1.54) is 12.3 Å². The second-order valence-electron chi connectivity index (χ2n) is 3.24. The van der Waals surface area contributed by atoms with Crippen LogP contribution in [0.3, 0.4) is 0 Å². The lowest BCUT2D eigenvalue weighted by molar-refractivity contribution is -0.142. The molecule has 1 aromatic rings. The summed E-state index contributed by atoms with van der Waals surface area (Å²) in [6, 6.07) is 2.28. The van der Waals surface area contributed by atoms with Crippen molar-refractivity contribution >= 4 is 16.0 Å². The Morgan fingerprint density at radius 2 is 2.28 bits per heavy atom. The molecule has 1 aromatic heterocycles. The summed E-state index contributed by atoms with van der Waals surface area (Å²) in [5.41, 5.74) is 0. The molecule has 0 unspecified atom stereocenters. The Bertz CT molecular complexity index is 518. The van der Waals surface area contributed by atoms with Crippen molar-refractivity contribution in [2.75, 3.05) is 13.2 Å². The van der Waals surface area contributed by atoms with Crippen molar-refractivity contribution in [2.24, 2.45) is 0 Å². The van der Waals surface area contributed by atoms with Crippen LogP contribution in [0.1, 0.15) is 13.3 Å². The van der Waals surface area contributed by atoms with Crippen molar-refractivity contribution in [1.82, 2.24) is 9.71 Å². The summed E-state index contributed by atoms with van der Waals surface area (Å²) in [7, 11) is -4.05. The van der Waals surface area contributed by atoms with Gasteiger partial charge in [-0.25, -0.2) is 22.5 Å². The molecule has 0 saturated carbocycles. The third-order valence-electron chi connectivity index (χ3n) is 1.91. The van der Waals surface area contributed by atoms with Crippen LogP contribution in [0.5, 0.6) is 0 Å². The van der Waals surface area contributed by atoms with Gasteiger partial charge in [0.25, 0.3) is 10.0 Å². The predicted molar refractivity (Wildman–Crippen MR) is 60.6 cm³/mol. The summed E-state index contributed by atoms with van der Waals surface area (Å²) in [6.07, 6.45) is 1.05. The number of pyridine rings is 1. The van der Waals surface area contributed by atoms with E-state index in [9.17, 15) is 17.6 Å². The van der Waals surface area contributed by atoms with Gasteiger partial charge in [-0.05, 0) is 19.1 Å². The number of sulfonamides is 1. The summed E-state index contributed by atoms with van der Waals surface area (Å²) >= 11 is 0. The second kappa shape index (κ2) is 6.41. The van der Waals surface area contributed by atoms with E-state index in [1.54, 1.807) is 6.92 Å². The van der Waals surface area contributed by atoms with Crippen molar-refractivity contribution < 1.29 is 22.3 Å². The summed E-state index contributed by atoms with van der Waals surface area (Å²) in [5, 5.41) is -0.686. The lowest BCUT2D eigenvalue weighted by Crippen LogP contribution is -2.28. The number of halogens is 1. The minimum atomic E-state index is -4.05. The fraction of sp³-hybridized carbons (Fsp3) is 0.400. The van der Waals surface area contributed by atoms with E-state index in [0.717, 1.165) is 6.07 Å². The normalized spacial score (nSPS) is 11.2. The standard InChI is InChI=1S/C10H13FN2O4S/c1-2-17-9(14)5-7-13-18(15,16)10-8(11)4-3-6-12-10/h3-4,6,13H,2,5,7H2,1H3. The van der Waals surface area contributed by atoms with Gasteiger partial charge in [0.05, 0.1) is 13.0 Å². The minimum absolute atomic E-state index is 0.123. The molecule has 6 nitrogen and oxygen atoms in total. The number of hydrogen-bond donors (Lipinski definition) is 1. The second-order valence-corrected chi connectivity index (χ2v) is 4.93. The van der Waals surface area contributed by atoms with Crippen molar-refractivity contribution in [3.8, 4) is 0 Å². The van der Waals surface area contributed by atoms with Crippen molar-refractivity contribution in [1.29, 1.82) is 0 Å². The highest BCUT2D eigenvalue weighted by Gasteiger charge is 2.20. The maximum Gasteiger partial charge on any atom is 0.307 e. The number of carbonyl (C=O) groups excluding carboxylic acids is 1. The van der Waals surface area contributed by atoms with E-state index in [2.05, 4.69) is 14.4 Å². The first kappa shape index (κ1) is 14.5. The van der Waals surface area contributed by atoms with Gasteiger partial charge in [-0.15, -0.1) is 0 Å². The van der Waals surface area contributed by atoms with E-state index in [0.29, 0.717) is 0 Å². The Labute approximate surface area is 104 Å². The van der Waals surface area contributed by atoms with Crippen LogP contribution in [-0.2, 0) is 19.6 Å². The third-order valence-corrected chi connectivity index (χ3v) is 3.30.